The van der Waals surface area contributed by atoms with Gasteiger partial charge in [0.05, 0.1) is 6.20 Å². The number of hydrogen-bond acceptors (Lipinski definition) is 3. The lowest BCUT2D eigenvalue weighted by Crippen LogP contribution is -2.81. The largest absolute Gasteiger partial charge is 0.292 e. The van der Waals surface area contributed by atoms with Gasteiger partial charge in [0, 0.05) is 12.0 Å². The third kappa shape index (κ3) is 12.5. The first-order chi connectivity index (χ1) is 36.4. The summed E-state index contributed by atoms with van der Waals surface area (Å²) in [4.78, 5) is 29.1. The molecule has 0 aliphatic heterocycles. The van der Waals surface area contributed by atoms with Crippen molar-refractivity contribution in [3.63, 3.8) is 0 Å². The van der Waals surface area contributed by atoms with E-state index in [0.29, 0.717) is 17.7 Å². The second kappa shape index (κ2) is 26.5. The second-order valence-electron chi connectivity index (χ2n) is 17.6. The van der Waals surface area contributed by atoms with E-state index in [0.717, 1.165) is 12.8 Å². The number of carbonyl (C=O) groups is 2. The van der Waals surface area contributed by atoms with E-state index < -0.39 is 144 Å². The molecular weight excluding hydrogens is 1080 g/mol. The van der Waals surface area contributed by atoms with Crippen LogP contribution in [-0.4, -0.2) is 22.7 Å². The van der Waals surface area contributed by atoms with Gasteiger partial charge in [-0.2, -0.15) is 4.57 Å². The lowest BCUT2D eigenvalue weighted by atomic mass is 9.12. The Bertz CT molecular complexity index is 2760. The van der Waals surface area contributed by atoms with Crippen LogP contribution in [0.4, 0.5) is 87.8 Å². The van der Waals surface area contributed by atoms with Crippen LogP contribution in [-0.2, 0) is 6.54 Å². The summed E-state index contributed by atoms with van der Waals surface area (Å²) in [5.74, 6) is -71.3. The minimum absolute atomic E-state index is 0.0247. The Labute approximate surface area is 425 Å². The Morgan fingerprint density at radius 1 is 0.390 bits per heavy atom. The molecule has 0 unspecified atom stereocenters. The third-order valence-corrected chi connectivity index (χ3v) is 12.7. The quantitative estimate of drug-likeness (QED) is 0.0129. The minimum Gasteiger partial charge on any atom is -0.292 e. The fourth-order valence-corrected chi connectivity index (χ4v) is 8.86. The van der Waals surface area contributed by atoms with Crippen molar-refractivity contribution < 1.29 is 102 Å². The smallest absolute Gasteiger partial charge is 0.227 e. The molecule has 6 aromatic rings. The summed E-state index contributed by atoms with van der Waals surface area (Å²) < 4.78 is 296. The zero-order valence-corrected chi connectivity index (χ0v) is 40.1. The number of nitrogens with zero attached hydrogens (tertiary/aromatic N) is 2. The molecule has 1 heterocycles. The molecule has 6 rings (SSSR count). The van der Waals surface area contributed by atoms with E-state index in [1.54, 1.807) is 23.2 Å². The van der Waals surface area contributed by atoms with Crippen LogP contribution in [0.25, 0.3) is 0 Å². The van der Waals surface area contributed by atoms with Crippen molar-refractivity contribution in [2.45, 2.75) is 103 Å². The fourth-order valence-electron chi connectivity index (χ4n) is 8.86. The molecule has 414 valence electrons. The lowest BCUT2D eigenvalue weighted by molar-refractivity contribution is -0.683. The van der Waals surface area contributed by atoms with Crippen molar-refractivity contribution in [2.24, 2.45) is 0 Å². The lowest BCUT2D eigenvalue weighted by Gasteiger charge is -2.44. The van der Waals surface area contributed by atoms with Crippen LogP contribution < -0.4 is 26.4 Å². The number of aromatic nitrogens is 2. The molecule has 0 atom stereocenters. The number of Topliss-reactive ketones (excluding diaryl/α,β-unsaturated/α-hetero) is 2. The van der Waals surface area contributed by atoms with Crippen molar-refractivity contribution in [2.75, 3.05) is 0 Å². The monoisotopic (exact) mass is 1120 g/mol. The van der Waals surface area contributed by atoms with Crippen molar-refractivity contribution in [1.82, 2.24) is 4.98 Å². The van der Waals surface area contributed by atoms with Gasteiger partial charge in [-0.1, -0.05) is 114 Å². The van der Waals surface area contributed by atoms with E-state index in [2.05, 4.69) is 11.9 Å². The predicted molar refractivity (Wildman–Crippen MR) is 239 cm³/mol. The number of rotatable bonds is 22. The summed E-state index contributed by atoms with van der Waals surface area (Å²) in [5, 5.41) is 0. The summed E-state index contributed by atoms with van der Waals surface area (Å²) >= 11 is 0. The first kappa shape index (κ1) is 61.0. The van der Waals surface area contributed by atoms with E-state index in [1.165, 1.54) is 70.6 Å². The maximum absolute atomic E-state index is 15.4. The number of unbranched alkanes of at least 4 members (excludes halogenated alkanes) is 12. The maximum Gasteiger partial charge on any atom is 0.227 e. The van der Waals surface area contributed by atoms with Crippen LogP contribution in [0.5, 0.6) is 0 Å². The molecule has 0 fully saturated rings. The highest BCUT2D eigenvalue weighted by molar-refractivity contribution is 7.20. The van der Waals surface area contributed by atoms with E-state index in [1.807, 2.05) is 30.3 Å². The highest BCUT2D eigenvalue weighted by Crippen LogP contribution is 2.31. The number of hydrogen-bond donors (Lipinski definition) is 0. The van der Waals surface area contributed by atoms with E-state index >= 15 is 35.1 Å². The van der Waals surface area contributed by atoms with Gasteiger partial charge in [0.25, 0.3) is 0 Å². The summed E-state index contributed by atoms with van der Waals surface area (Å²) in [7, 11) is 0. The summed E-state index contributed by atoms with van der Waals surface area (Å²) in [6, 6.07) is 9.23. The summed E-state index contributed by atoms with van der Waals surface area (Å²) in [6.07, 6.45) is 15.2. The van der Waals surface area contributed by atoms with Crippen molar-refractivity contribution in [1.29, 1.82) is 0 Å². The zero-order valence-electron chi connectivity index (χ0n) is 40.1. The molecule has 0 saturated heterocycles. The van der Waals surface area contributed by atoms with E-state index in [9.17, 15) is 62.3 Å². The molecule has 0 radical (unpaired) electrons. The average molecular weight is 1120 g/mol. The van der Waals surface area contributed by atoms with Gasteiger partial charge in [-0.05, 0) is 6.42 Å². The molecule has 25 heteroatoms. The Hall–Kier alpha value is -6.82. The molecule has 77 heavy (non-hydrogen) atoms. The molecule has 0 aliphatic rings. The first-order valence-corrected chi connectivity index (χ1v) is 23.6. The standard InChI is InChI=1S/C28H41N2O2.C24BF20/c1-2-3-4-5-6-7-8-9-10-11-12-13-17-20-27(31)26-23-30(22-21-29-26)24-28(32)25-18-15-14-16-19-25;26-5-1(6(27)14(35)21(42)13(5)34)25(2-7(28)15(36)22(43)16(37)8(2)29,3-9(30)17(38)23(44)18(39)10(3)31)4-11(32)19(40)24(45)20(41)12(4)33/h14-16,18-19,21-23H,2-13,17,20,24H2,1H3;/q+1;-1. The predicted octanol–water partition coefficient (Wildman–Crippen LogP) is 12.8. The first-order valence-electron chi connectivity index (χ1n) is 23.6. The number of benzene rings is 5. The second-order valence-corrected chi connectivity index (χ2v) is 17.6. The molecule has 4 nitrogen and oxygen atoms in total. The third-order valence-electron chi connectivity index (χ3n) is 12.7. The molecule has 0 saturated carbocycles. The van der Waals surface area contributed by atoms with Gasteiger partial charge >= 0.3 is 0 Å². The number of halogens is 20. The Morgan fingerprint density at radius 3 is 0.987 bits per heavy atom. The van der Waals surface area contributed by atoms with Gasteiger partial charge in [0.2, 0.25) is 12.3 Å². The molecule has 0 amide bonds. The Morgan fingerprint density at radius 2 is 0.675 bits per heavy atom. The van der Waals surface area contributed by atoms with Gasteiger partial charge in [-0.3, -0.25) is 9.59 Å². The highest BCUT2D eigenvalue weighted by Gasteiger charge is 2.52. The summed E-state index contributed by atoms with van der Waals surface area (Å²) in [5.41, 5.74) is -13.2. The van der Waals surface area contributed by atoms with Crippen LogP contribution in [0, 0.1) is 116 Å². The Kier molecular flexibility index (Phi) is 21.0. The van der Waals surface area contributed by atoms with Gasteiger partial charge < -0.3 is 0 Å². The van der Waals surface area contributed by atoms with Crippen molar-refractivity contribution in [3.05, 3.63) is 177 Å². The normalized spacial score (nSPS) is 11.5. The SMILES string of the molecule is CCCCCCCCCCCCCCCC(=O)c1c[n+](CC(=O)c2ccccc2)ccn1.Fc1c(F)c(F)c([B-](c2c(F)c(F)c(F)c(F)c2F)(c2c(F)c(F)c(F)c(F)c2F)c2c(F)c(F)c(F)c(F)c2F)c(F)c1F. The van der Waals surface area contributed by atoms with E-state index in [4.69, 9.17) is 0 Å². The highest BCUT2D eigenvalue weighted by atomic mass is 19.2. The molecule has 0 aliphatic carbocycles. The molecule has 0 spiro atoms. The van der Waals surface area contributed by atoms with Crippen LogP contribution >= 0.6 is 0 Å². The van der Waals surface area contributed by atoms with Gasteiger partial charge in [0.15, 0.2) is 93.7 Å². The maximum atomic E-state index is 15.4. The van der Waals surface area contributed by atoms with Crippen LogP contribution in [0.2, 0.25) is 0 Å². The van der Waals surface area contributed by atoms with Crippen molar-refractivity contribution in [3.8, 4) is 0 Å². The molecule has 5 aromatic carbocycles. The Balaban J connectivity index is 0.000000301. The minimum atomic E-state index is -7.22. The van der Waals surface area contributed by atoms with Crippen LogP contribution in [0.15, 0.2) is 48.9 Å². The zero-order chi connectivity index (χ0) is 57.2. The average Bonchev–Trinajstić information content (AvgIpc) is 3.48. The molecule has 0 N–H and O–H groups in total. The van der Waals surface area contributed by atoms with Gasteiger partial charge in [-0.25, -0.2) is 92.8 Å². The van der Waals surface area contributed by atoms with Crippen LogP contribution in [0.1, 0.15) is 118 Å². The molecule has 0 bridgehead atoms. The van der Waals surface area contributed by atoms with E-state index in [-0.39, 0.29) is 18.1 Å². The van der Waals surface area contributed by atoms with Crippen LogP contribution in [0.3, 0.4) is 0 Å². The fraction of sp³-hybridized carbons (Fsp3) is 0.308. The van der Waals surface area contributed by atoms with Gasteiger partial charge in [0.1, 0.15) is 52.7 Å². The topological polar surface area (TPSA) is 50.9 Å². The summed E-state index contributed by atoms with van der Waals surface area (Å²) in [6.45, 7) is 2.48. The van der Waals surface area contributed by atoms with Crippen molar-refractivity contribution >= 4 is 39.6 Å². The van der Waals surface area contributed by atoms with Gasteiger partial charge in [-0.15, -0.1) is 21.9 Å². The number of carbonyl (C=O) groups excluding carboxylic acids is 2. The number of ketones is 2. The molecular formula is C52H41BF20N2O2. The molecule has 1 aromatic heterocycles.